The monoisotopic (exact) mass is 205 g/mol. The molecule has 0 aromatic heterocycles. The fourth-order valence-corrected chi connectivity index (χ4v) is 0.873. The molecule has 0 aliphatic heterocycles. The lowest BCUT2D eigenvalue weighted by molar-refractivity contribution is -0.140. The largest absolute Gasteiger partial charge is 0.469 e. The van der Waals surface area contributed by atoms with Crippen LogP contribution in [0.3, 0.4) is 0 Å². The SMILES string of the molecule is COC(=O)CCCNCC(C)(O)CO. The molecule has 14 heavy (non-hydrogen) atoms. The van der Waals surface area contributed by atoms with Crippen LogP contribution in [0, 0.1) is 0 Å². The van der Waals surface area contributed by atoms with Gasteiger partial charge in [0.25, 0.3) is 0 Å². The molecule has 0 saturated heterocycles. The molecule has 1 unspecified atom stereocenters. The molecule has 0 aliphatic rings. The van der Waals surface area contributed by atoms with E-state index in [1.165, 1.54) is 7.11 Å². The van der Waals surface area contributed by atoms with E-state index in [0.717, 1.165) is 0 Å². The zero-order valence-corrected chi connectivity index (χ0v) is 8.75. The van der Waals surface area contributed by atoms with E-state index in [1.54, 1.807) is 6.92 Å². The van der Waals surface area contributed by atoms with E-state index in [-0.39, 0.29) is 12.6 Å². The van der Waals surface area contributed by atoms with Crippen LogP contribution in [0.25, 0.3) is 0 Å². The van der Waals surface area contributed by atoms with Crippen LogP contribution in [-0.2, 0) is 9.53 Å². The van der Waals surface area contributed by atoms with Crippen molar-refractivity contribution in [3.8, 4) is 0 Å². The van der Waals surface area contributed by atoms with Crippen molar-refractivity contribution in [2.24, 2.45) is 0 Å². The molecule has 0 heterocycles. The highest BCUT2D eigenvalue weighted by molar-refractivity contribution is 5.68. The maximum atomic E-state index is 10.7. The Morgan fingerprint density at radius 3 is 2.71 bits per heavy atom. The first-order valence-corrected chi connectivity index (χ1v) is 4.62. The van der Waals surface area contributed by atoms with Crippen LogP contribution in [0.2, 0.25) is 0 Å². The number of rotatable bonds is 7. The van der Waals surface area contributed by atoms with Crippen molar-refractivity contribution in [2.75, 3.05) is 26.8 Å². The van der Waals surface area contributed by atoms with E-state index in [4.69, 9.17) is 5.11 Å². The Bertz CT molecular complexity index is 170. The summed E-state index contributed by atoms with van der Waals surface area (Å²) in [4.78, 5) is 10.7. The Hall–Kier alpha value is -0.650. The van der Waals surface area contributed by atoms with Crippen molar-refractivity contribution < 1.29 is 19.7 Å². The van der Waals surface area contributed by atoms with Crippen LogP contribution in [0.15, 0.2) is 0 Å². The summed E-state index contributed by atoms with van der Waals surface area (Å²) >= 11 is 0. The average molecular weight is 205 g/mol. The molecular weight excluding hydrogens is 186 g/mol. The molecule has 0 amide bonds. The first-order valence-electron chi connectivity index (χ1n) is 4.62. The van der Waals surface area contributed by atoms with Crippen LogP contribution < -0.4 is 5.32 Å². The van der Waals surface area contributed by atoms with E-state index in [0.29, 0.717) is 25.9 Å². The number of carbonyl (C=O) groups is 1. The van der Waals surface area contributed by atoms with E-state index in [9.17, 15) is 9.90 Å². The highest BCUT2D eigenvalue weighted by Gasteiger charge is 2.17. The first kappa shape index (κ1) is 13.4. The predicted octanol–water partition coefficient (Wildman–Crippen LogP) is -0.727. The van der Waals surface area contributed by atoms with E-state index in [1.807, 2.05) is 0 Å². The van der Waals surface area contributed by atoms with Crippen molar-refractivity contribution in [1.82, 2.24) is 5.32 Å². The van der Waals surface area contributed by atoms with Crippen molar-refractivity contribution in [3.63, 3.8) is 0 Å². The molecule has 5 nitrogen and oxygen atoms in total. The van der Waals surface area contributed by atoms with Crippen LogP contribution in [0.5, 0.6) is 0 Å². The third-order valence-corrected chi connectivity index (χ3v) is 1.81. The van der Waals surface area contributed by atoms with Gasteiger partial charge >= 0.3 is 5.97 Å². The van der Waals surface area contributed by atoms with Crippen molar-refractivity contribution in [1.29, 1.82) is 0 Å². The molecule has 5 heteroatoms. The molecule has 0 aromatic carbocycles. The number of ether oxygens (including phenoxy) is 1. The van der Waals surface area contributed by atoms with Gasteiger partial charge in [-0.15, -0.1) is 0 Å². The lowest BCUT2D eigenvalue weighted by Gasteiger charge is -2.20. The molecule has 0 saturated carbocycles. The average Bonchev–Trinajstić information content (AvgIpc) is 2.17. The number of hydrogen-bond acceptors (Lipinski definition) is 5. The summed E-state index contributed by atoms with van der Waals surface area (Å²) < 4.78 is 4.46. The molecule has 0 rings (SSSR count). The minimum Gasteiger partial charge on any atom is -0.469 e. The topological polar surface area (TPSA) is 78.8 Å². The van der Waals surface area contributed by atoms with E-state index in [2.05, 4.69) is 10.1 Å². The summed E-state index contributed by atoms with van der Waals surface area (Å²) in [5.41, 5.74) is -1.09. The van der Waals surface area contributed by atoms with Crippen LogP contribution in [-0.4, -0.2) is 48.6 Å². The highest BCUT2D eigenvalue weighted by atomic mass is 16.5. The molecule has 0 aliphatic carbocycles. The number of carbonyl (C=O) groups excluding carboxylic acids is 1. The zero-order chi connectivity index (χ0) is 11.0. The van der Waals surface area contributed by atoms with Crippen molar-refractivity contribution >= 4 is 5.97 Å². The van der Waals surface area contributed by atoms with Gasteiger partial charge in [-0.25, -0.2) is 0 Å². The minimum atomic E-state index is -1.09. The summed E-state index contributed by atoms with van der Waals surface area (Å²) in [6.45, 7) is 2.19. The smallest absolute Gasteiger partial charge is 0.305 e. The lowest BCUT2D eigenvalue weighted by atomic mass is 10.1. The molecule has 1 atom stereocenters. The third kappa shape index (κ3) is 6.82. The highest BCUT2D eigenvalue weighted by Crippen LogP contribution is 1.98. The quantitative estimate of drug-likeness (QED) is 0.377. The standard InChI is InChI=1S/C9H19NO4/c1-9(13,7-11)6-10-5-3-4-8(12)14-2/h10-11,13H,3-7H2,1-2H3. The Labute approximate surface area is 84.1 Å². The van der Waals surface area contributed by atoms with Gasteiger partial charge in [0.1, 0.15) is 0 Å². The predicted molar refractivity (Wildman–Crippen MR) is 51.8 cm³/mol. The number of aliphatic hydroxyl groups excluding tert-OH is 1. The van der Waals surface area contributed by atoms with Crippen LogP contribution >= 0.6 is 0 Å². The summed E-state index contributed by atoms with van der Waals surface area (Å²) in [7, 11) is 1.35. The van der Waals surface area contributed by atoms with E-state index >= 15 is 0 Å². The second-order valence-corrected chi connectivity index (χ2v) is 3.51. The van der Waals surface area contributed by atoms with Crippen LogP contribution in [0.1, 0.15) is 19.8 Å². The van der Waals surface area contributed by atoms with Gasteiger partial charge in [-0.3, -0.25) is 4.79 Å². The summed E-state index contributed by atoms with van der Waals surface area (Å²) in [5.74, 6) is -0.235. The molecule has 0 spiro atoms. The van der Waals surface area contributed by atoms with Gasteiger partial charge in [0.05, 0.1) is 19.3 Å². The lowest BCUT2D eigenvalue weighted by Crippen LogP contribution is -2.41. The molecule has 0 radical (unpaired) electrons. The van der Waals surface area contributed by atoms with Crippen molar-refractivity contribution in [3.05, 3.63) is 0 Å². The first-order chi connectivity index (χ1) is 6.52. The molecule has 84 valence electrons. The van der Waals surface area contributed by atoms with Gasteiger partial charge in [-0.05, 0) is 19.9 Å². The molecule has 3 N–H and O–H groups in total. The Kier molecular flexibility index (Phi) is 6.44. The number of aliphatic hydroxyl groups is 2. The Morgan fingerprint density at radius 1 is 1.57 bits per heavy atom. The summed E-state index contributed by atoms with van der Waals surface area (Å²) in [5, 5.41) is 21.0. The summed E-state index contributed by atoms with van der Waals surface area (Å²) in [6.07, 6.45) is 1.03. The molecule has 0 bridgehead atoms. The van der Waals surface area contributed by atoms with Gasteiger partial charge < -0.3 is 20.3 Å². The number of esters is 1. The molecular formula is C9H19NO4. The summed E-state index contributed by atoms with van der Waals surface area (Å²) in [6, 6.07) is 0. The second-order valence-electron chi connectivity index (χ2n) is 3.51. The zero-order valence-electron chi connectivity index (χ0n) is 8.75. The maximum Gasteiger partial charge on any atom is 0.305 e. The second kappa shape index (κ2) is 6.75. The van der Waals surface area contributed by atoms with E-state index < -0.39 is 5.60 Å². The van der Waals surface area contributed by atoms with Gasteiger partial charge in [0.2, 0.25) is 0 Å². The van der Waals surface area contributed by atoms with Crippen molar-refractivity contribution in [2.45, 2.75) is 25.4 Å². The number of methoxy groups -OCH3 is 1. The third-order valence-electron chi connectivity index (χ3n) is 1.81. The Morgan fingerprint density at radius 2 is 2.21 bits per heavy atom. The van der Waals surface area contributed by atoms with Gasteiger partial charge in [0, 0.05) is 13.0 Å². The fraction of sp³-hybridized carbons (Fsp3) is 0.889. The maximum absolute atomic E-state index is 10.7. The van der Waals surface area contributed by atoms with Gasteiger partial charge in [-0.2, -0.15) is 0 Å². The van der Waals surface area contributed by atoms with Gasteiger partial charge in [0.15, 0.2) is 0 Å². The molecule has 0 fully saturated rings. The van der Waals surface area contributed by atoms with Crippen LogP contribution in [0.4, 0.5) is 0 Å². The van der Waals surface area contributed by atoms with Gasteiger partial charge in [-0.1, -0.05) is 0 Å². The molecule has 0 aromatic rings. The fourth-order valence-electron chi connectivity index (χ4n) is 0.873. The number of nitrogens with one attached hydrogen (secondary N) is 1. The normalized spacial score (nSPS) is 14.9. The number of hydrogen-bond donors (Lipinski definition) is 3. The Balaban J connectivity index is 3.34. The minimum absolute atomic E-state index is 0.235.